The number of cyclic esters (lactones) is 1. The first-order valence-corrected chi connectivity index (χ1v) is 9.33. The summed E-state index contributed by atoms with van der Waals surface area (Å²) >= 11 is 0. The predicted molar refractivity (Wildman–Crippen MR) is 112 cm³/mol. The summed E-state index contributed by atoms with van der Waals surface area (Å²) in [6, 6.07) is 15.6. The zero-order chi connectivity index (χ0) is 20.2. The van der Waals surface area contributed by atoms with Crippen LogP contribution in [0.5, 0.6) is 0 Å². The minimum atomic E-state index is -1.03. The molecule has 4 nitrogen and oxygen atoms in total. The van der Waals surface area contributed by atoms with Crippen molar-refractivity contribution in [1.29, 1.82) is 0 Å². The predicted octanol–water partition coefficient (Wildman–Crippen LogP) is 4.55. The average Bonchev–Trinajstić information content (AvgIpc) is 2.97. The molecule has 1 aliphatic rings. The molecular formula is C24H24N2O2. The summed E-state index contributed by atoms with van der Waals surface area (Å²) in [7, 11) is 0. The molecule has 0 fully saturated rings. The Balaban J connectivity index is 2.12. The molecule has 28 heavy (non-hydrogen) atoms. The minimum Gasteiger partial charge on any atom is -0.441 e. The second-order valence-electron chi connectivity index (χ2n) is 7.66. The summed E-state index contributed by atoms with van der Waals surface area (Å²) in [6.07, 6.45) is 0. The number of esters is 1. The lowest BCUT2D eigenvalue weighted by molar-refractivity contribution is 0.0251. The molecule has 0 saturated heterocycles. The van der Waals surface area contributed by atoms with Gasteiger partial charge in [-0.15, -0.1) is 0 Å². The summed E-state index contributed by atoms with van der Waals surface area (Å²) < 4.78 is 6.17. The molecule has 1 aliphatic heterocycles. The van der Waals surface area contributed by atoms with E-state index in [-0.39, 0.29) is 5.97 Å². The second-order valence-corrected chi connectivity index (χ2v) is 7.66. The van der Waals surface area contributed by atoms with Gasteiger partial charge in [0.05, 0.1) is 5.56 Å². The van der Waals surface area contributed by atoms with Crippen LogP contribution in [-0.2, 0) is 10.3 Å². The van der Waals surface area contributed by atoms with Gasteiger partial charge in [-0.3, -0.25) is 0 Å². The Bertz CT molecular complexity index is 1030. The number of aryl methyl sites for hydroxylation is 4. The van der Waals surface area contributed by atoms with E-state index in [4.69, 9.17) is 16.2 Å². The number of ether oxygens (including phenoxy) is 1. The molecule has 0 amide bonds. The van der Waals surface area contributed by atoms with E-state index in [0.717, 1.165) is 50.3 Å². The van der Waals surface area contributed by atoms with Crippen molar-refractivity contribution in [2.24, 2.45) is 0 Å². The standard InChI is InChI=1S/C24H24N2O2/c1-13-9-17(10-14(2)21(13)25)24(18-11-15(3)22(26)16(4)12-18)20-8-6-5-7-19(20)23(27)28-24/h5-12H,25-26H2,1-4H3. The third-order valence-electron chi connectivity index (χ3n) is 5.77. The van der Waals surface area contributed by atoms with Gasteiger partial charge in [0.1, 0.15) is 0 Å². The van der Waals surface area contributed by atoms with Crippen molar-refractivity contribution in [2.75, 3.05) is 11.5 Å². The number of rotatable bonds is 2. The lowest BCUT2D eigenvalue weighted by Crippen LogP contribution is -2.30. The molecule has 0 spiro atoms. The van der Waals surface area contributed by atoms with E-state index in [9.17, 15) is 4.79 Å². The summed E-state index contributed by atoms with van der Waals surface area (Å²) in [5, 5.41) is 0. The van der Waals surface area contributed by atoms with Crippen LogP contribution in [0.1, 0.15) is 49.3 Å². The molecule has 0 saturated carbocycles. The summed E-state index contributed by atoms with van der Waals surface area (Å²) in [6.45, 7) is 7.90. The van der Waals surface area contributed by atoms with E-state index >= 15 is 0 Å². The largest absolute Gasteiger partial charge is 0.441 e. The molecule has 0 radical (unpaired) electrons. The number of nitrogens with two attached hydrogens (primary N) is 2. The Hall–Kier alpha value is -3.27. The third kappa shape index (κ3) is 2.41. The van der Waals surface area contributed by atoms with Crippen LogP contribution in [-0.4, -0.2) is 5.97 Å². The van der Waals surface area contributed by atoms with Crippen molar-refractivity contribution >= 4 is 17.3 Å². The minimum absolute atomic E-state index is 0.324. The van der Waals surface area contributed by atoms with E-state index in [0.29, 0.717) is 5.56 Å². The van der Waals surface area contributed by atoms with Crippen molar-refractivity contribution in [2.45, 2.75) is 33.3 Å². The molecule has 3 aromatic rings. The molecule has 4 N–H and O–H groups in total. The molecule has 0 bridgehead atoms. The van der Waals surface area contributed by atoms with Gasteiger partial charge in [-0.1, -0.05) is 18.2 Å². The van der Waals surface area contributed by atoms with E-state index in [1.165, 1.54) is 0 Å². The van der Waals surface area contributed by atoms with Crippen LogP contribution in [0.25, 0.3) is 0 Å². The molecule has 142 valence electrons. The lowest BCUT2D eigenvalue weighted by Gasteiger charge is -2.32. The smallest absolute Gasteiger partial charge is 0.340 e. The maximum Gasteiger partial charge on any atom is 0.340 e. The van der Waals surface area contributed by atoms with Crippen LogP contribution in [0.4, 0.5) is 11.4 Å². The van der Waals surface area contributed by atoms with Gasteiger partial charge in [0.25, 0.3) is 0 Å². The topological polar surface area (TPSA) is 78.3 Å². The molecule has 0 aromatic heterocycles. The molecule has 4 heteroatoms. The van der Waals surface area contributed by atoms with Crippen molar-refractivity contribution in [3.8, 4) is 0 Å². The fourth-order valence-electron chi connectivity index (χ4n) is 4.17. The SMILES string of the molecule is Cc1cc(C2(c3cc(C)c(N)c(C)c3)OC(=O)c3ccccc32)cc(C)c1N. The van der Waals surface area contributed by atoms with Gasteiger partial charge in [0, 0.05) is 28.1 Å². The number of fused-ring (bicyclic) bond motifs is 1. The normalized spacial score (nSPS) is 14.6. The molecule has 0 unspecified atom stereocenters. The zero-order valence-electron chi connectivity index (χ0n) is 16.6. The fourth-order valence-corrected chi connectivity index (χ4v) is 4.17. The maximum absolute atomic E-state index is 12.8. The van der Waals surface area contributed by atoms with Crippen molar-refractivity contribution in [3.63, 3.8) is 0 Å². The van der Waals surface area contributed by atoms with E-state index < -0.39 is 5.60 Å². The van der Waals surface area contributed by atoms with Crippen molar-refractivity contribution < 1.29 is 9.53 Å². The first kappa shape index (κ1) is 18.1. The fraction of sp³-hybridized carbons (Fsp3) is 0.208. The van der Waals surface area contributed by atoms with Gasteiger partial charge in [-0.25, -0.2) is 4.79 Å². The van der Waals surface area contributed by atoms with Gasteiger partial charge in [-0.05, 0) is 80.3 Å². The quantitative estimate of drug-likeness (QED) is 0.511. The number of benzene rings is 3. The average molecular weight is 372 g/mol. The lowest BCUT2D eigenvalue weighted by atomic mass is 9.77. The Kier molecular flexibility index (Phi) is 3.96. The Morgan fingerprint density at radius 3 is 1.64 bits per heavy atom. The van der Waals surface area contributed by atoms with Gasteiger partial charge >= 0.3 is 5.97 Å². The zero-order valence-corrected chi connectivity index (χ0v) is 16.6. The third-order valence-corrected chi connectivity index (χ3v) is 5.77. The van der Waals surface area contributed by atoms with Crippen molar-refractivity contribution in [1.82, 2.24) is 0 Å². The Labute approximate surface area is 165 Å². The molecule has 1 heterocycles. The highest BCUT2D eigenvalue weighted by Crippen LogP contribution is 2.48. The Morgan fingerprint density at radius 2 is 1.18 bits per heavy atom. The molecule has 0 aliphatic carbocycles. The molecule has 4 rings (SSSR count). The summed E-state index contributed by atoms with van der Waals surface area (Å²) in [5.41, 5.74) is 19.9. The highest BCUT2D eigenvalue weighted by Gasteiger charge is 2.48. The highest BCUT2D eigenvalue weighted by molar-refractivity contribution is 5.96. The summed E-state index contributed by atoms with van der Waals surface area (Å²) in [5.74, 6) is -0.324. The summed E-state index contributed by atoms with van der Waals surface area (Å²) in [4.78, 5) is 12.8. The number of hydrogen-bond donors (Lipinski definition) is 2. The molecule has 3 aromatic carbocycles. The number of nitrogen functional groups attached to an aromatic ring is 2. The first-order chi connectivity index (χ1) is 13.3. The van der Waals surface area contributed by atoms with Crippen LogP contribution in [0.15, 0.2) is 48.5 Å². The van der Waals surface area contributed by atoms with E-state index in [1.807, 2.05) is 76.2 Å². The first-order valence-electron chi connectivity index (χ1n) is 9.33. The van der Waals surface area contributed by atoms with Gasteiger partial charge in [0.2, 0.25) is 0 Å². The van der Waals surface area contributed by atoms with Gasteiger partial charge < -0.3 is 16.2 Å². The number of carbonyl (C=O) groups excluding carboxylic acids is 1. The van der Waals surface area contributed by atoms with Crippen LogP contribution in [0.2, 0.25) is 0 Å². The number of anilines is 2. The number of carbonyl (C=O) groups is 1. The maximum atomic E-state index is 12.8. The monoisotopic (exact) mass is 372 g/mol. The van der Waals surface area contributed by atoms with Gasteiger partial charge in [0.15, 0.2) is 5.60 Å². The molecular weight excluding hydrogens is 348 g/mol. The van der Waals surface area contributed by atoms with Crippen LogP contribution < -0.4 is 11.5 Å². The molecule has 0 atom stereocenters. The van der Waals surface area contributed by atoms with Crippen LogP contribution in [0.3, 0.4) is 0 Å². The van der Waals surface area contributed by atoms with Crippen molar-refractivity contribution in [3.05, 3.63) is 93.0 Å². The Morgan fingerprint density at radius 1 is 0.750 bits per heavy atom. The van der Waals surface area contributed by atoms with Crippen LogP contribution in [0, 0.1) is 27.7 Å². The van der Waals surface area contributed by atoms with E-state index in [1.54, 1.807) is 0 Å². The van der Waals surface area contributed by atoms with Gasteiger partial charge in [-0.2, -0.15) is 0 Å². The second kappa shape index (κ2) is 6.13. The number of hydrogen-bond acceptors (Lipinski definition) is 4. The van der Waals surface area contributed by atoms with Crippen LogP contribution >= 0.6 is 0 Å². The van der Waals surface area contributed by atoms with E-state index in [2.05, 4.69) is 0 Å². The highest BCUT2D eigenvalue weighted by atomic mass is 16.6.